The molecule has 1 heterocycles. The molecular weight excluding hydrogens is 174 g/mol. The lowest BCUT2D eigenvalue weighted by Gasteiger charge is -2.24. The van der Waals surface area contributed by atoms with Crippen molar-refractivity contribution in [2.24, 2.45) is 0 Å². The molecule has 0 amide bonds. The SMILES string of the molecule is CN(C)C(=Cc1ccccn1)N(C)C. The topological polar surface area (TPSA) is 19.4 Å². The molecule has 0 radical (unpaired) electrons. The van der Waals surface area contributed by atoms with Gasteiger partial charge < -0.3 is 9.80 Å². The summed E-state index contributed by atoms with van der Waals surface area (Å²) in [6, 6.07) is 5.90. The van der Waals surface area contributed by atoms with Crippen molar-refractivity contribution >= 4 is 6.08 Å². The summed E-state index contributed by atoms with van der Waals surface area (Å²) < 4.78 is 0. The van der Waals surface area contributed by atoms with Crippen LogP contribution in [0.5, 0.6) is 0 Å². The predicted octanol–water partition coefficient (Wildman–Crippen LogP) is 1.50. The van der Waals surface area contributed by atoms with E-state index in [0.29, 0.717) is 0 Å². The van der Waals surface area contributed by atoms with E-state index in [-0.39, 0.29) is 0 Å². The van der Waals surface area contributed by atoms with Gasteiger partial charge in [0.25, 0.3) is 0 Å². The molecule has 0 fully saturated rings. The highest BCUT2D eigenvalue weighted by atomic mass is 15.3. The quantitative estimate of drug-likeness (QED) is 0.722. The normalized spacial score (nSPS) is 9.43. The molecule has 0 atom stereocenters. The number of nitrogens with zero attached hydrogens (tertiary/aromatic N) is 3. The van der Waals surface area contributed by atoms with Gasteiger partial charge in [0.1, 0.15) is 5.82 Å². The molecule has 0 saturated heterocycles. The molecule has 0 spiro atoms. The fourth-order valence-corrected chi connectivity index (χ4v) is 1.25. The molecular formula is C11H17N3. The van der Waals surface area contributed by atoms with Gasteiger partial charge in [-0.2, -0.15) is 0 Å². The zero-order chi connectivity index (χ0) is 10.6. The fourth-order valence-electron chi connectivity index (χ4n) is 1.25. The fraction of sp³-hybridized carbons (Fsp3) is 0.364. The highest BCUT2D eigenvalue weighted by molar-refractivity contribution is 5.47. The predicted molar refractivity (Wildman–Crippen MR) is 59.6 cm³/mol. The van der Waals surface area contributed by atoms with Crippen molar-refractivity contribution < 1.29 is 0 Å². The molecule has 0 aromatic carbocycles. The number of hydrogen-bond acceptors (Lipinski definition) is 3. The Labute approximate surface area is 85.7 Å². The Morgan fingerprint density at radius 3 is 2.21 bits per heavy atom. The lowest BCUT2D eigenvalue weighted by atomic mass is 10.3. The van der Waals surface area contributed by atoms with Gasteiger partial charge in [0.2, 0.25) is 0 Å². The van der Waals surface area contributed by atoms with E-state index < -0.39 is 0 Å². The Morgan fingerprint density at radius 2 is 1.79 bits per heavy atom. The van der Waals surface area contributed by atoms with E-state index in [1.54, 1.807) is 6.20 Å². The average molecular weight is 191 g/mol. The van der Waals surface area contributed by atoms with E-state index in [4.69, 9.17) is 0 Å². The number of aromatic nitrogens is 1. The van der Waals surface area contributed by atoms with Crippen molar-refractivity contribution in [1.82, 2.24) is 14.8 Å². The molecule has 76 valence electrons. The third-order valence-electron chi connectivity index (χ3n) is 1.88. The standard InChI is InChI=1S/C11H17N3/c1-13(2)11(14(3)4)9-10-7-5-6-8-12-10/h5-9H,1-4H3. The molecule has 0 aliphatic carbocycles. The van der Waals surface area contributed by atoms with Crippen molar-refractivity contribution in [3.05, 3.63) is 35.9 Å². The molecule has 0 N–H and O–H groups in total. The van der Waals surface area contributed by atoms with Crippen molar-refractivity contribution in [2.45, 2.75) is 0 Å². The van der Waals surface area contributed by atoms with E-state index in [0.717, 1.165) is 11.5 Å². The van der Waals surface area contributed by atoms with Crippen LogP contribution in [0.4, 0.5) is 0 Å². The summed E-state index contributed by atoms with van der Waals surface area (Å²) in [5.74, 6) is 1.13. The van der Waals surface area contributed by atoms with Crippen LogP contribution in [-0.2, 0) is 0 Å². The second kappa shape index (κ2) is 4.65. The molecule has 14 heavy (non-hydrogen) atoms. The van der Waals surface area contributed by atoms with Gasteiger partial charge in [-0.3, -0.25) is 4.98 Å². The van der Waals surface area contributed by atoms with E-state index in [1.807, 2.05) is 46.4 Å². The van der Waals surface area contributed by atoms with Gasteiger partial charge >= 0.3 is 0 Å². The summed E-state index contributed by atoms with van der Waals surface area (Å²) in [5, 5.41) is 0. The van der Waals surface area contributed by atoms with Crippen molar-refractivity contribution in [3.63, 3.8) is 0 Å². The van der Waals surface area contributed by atoms with Crippen LogP contribution < -0.4 is 0 Å². The van der Waals surface area contributed by atoms with Crippen LogP contribution in [0.25, 0.3) is 6.08 Å². The zero-order valence-corrected chi connectivity index (χ0v) is 9.23. The second-order valence-corrected chi connectivity index (χ2v) is 3.55. The first-order valence-electron chi connectivity index (χ1n) is 4.58. The minimum absolute atomic E-state index is 0.977. The minimum Gasteiger partial charge on any atom is -0.364 e. The van der Waals surface area contributed by atoms with Crippen LogP contribution >= 0.6 is 0 Å². The van der Waals surface area contributed by atoms with E-state index in [2.05, 4.69) is 20.9 Å². The van der Waals surface area contributed by atoms with Gasteiger partial charge in [-0.15, -0.1) is 0 Å². The molecule has 0 bridgehead atoms. The second-order valence-electron chi connectivity index (χ2n) is 3.55. The van der Waals surface area contributed by atoms with Crippen LogP contribution in [0, 0.1) is 0 Å². The summed E-state index contributed by atoms with van der Waals surface area (Å²) in [6.07, 6.45) is 3.86. The van der Waals surface area contributed by atoms with Gasteiger partial charge in [0.15, 0.2) is 0 Å². The van der Waals surface area contributed by atoms with Gasteiger partial charge in [0, 0.05) is 40.5 Å². The van der Waals surface area contributed by atoms with Crippen LogP contribution in [0.1, 0.15) is 5.69 Å². The van der Waals surface area contributed by atoms with E-state index >= 15 is 0 Å². The summed E-state index contributed by atoms with van der Waals surface area (Å²) >= 11 is 0. The number of pyridine rings is 1. The highest BCUT2D eigenvalue weighted by Crippen LogP contribution is 2.07. The Morgan fingerprint density at radius 1 is 1.14 bits per heavy atom. The third-order valence-corrected chi connectivity index (χ3v) is 1.88. The van der Waals surface area contributed by atoms with Gasteiger partial charge in [-0.1, -0.05) is 6.07 Å². The van der Waals surface area contributed by atoms with Crippen LogP contribution in [0.3, 0.4) is 0 Å². The van der Waals surface area contributed by atoms with E-state index in [9.17, 15) is 0 Å². The molecule has 1 rings (SSSR count). The monoisotopic (exact) mass is 191 g/mol. The maximum atomic E-state index is 4.25. The Hall–Kier alpha value is -1.51. The first-order valence-corrected chi connectivity index (χ1v) is 4.58. The number of hydrogen-bond donors (Lipinski definition) is 0. The third kappa shape index (κ3) is 2.76. The molecule has 1 aromatic heterocycles. The summed E-state index contributed by atoms with van der Waals surface area (Å²) in [4.78, 5) is 8.38. The molecule has 3 nitrogen and oxygen atoms in total. The first-order chi connectivity index (χ1) is 6.61. The van der Waals surface area contributed by atoms with Gasteiger partial charge in [-0.05, 0) is 12.1 Å². The van der Waals surface area contributed by atoms with Crippen molar-refractivity contribution in [2.75, 3.05) is 28.2 Å². The molecule has 0 aliphatic heterocycles. The molecule has 0 aliphatic rings. The maximum Gasteiger partial charge on any atom is 0.105 e. The molecule has 1 aromatic rings. The molecule has 0 unspecified atom stereocenters. The average Bonchev–Trinajstić information content (AvgIpc) is 2.15. The van der Waals surface area contributed by atoms with Crippen LogP contribution in [0.2, 0.25) is 0 Å². The van der Waals surface area contributed by atoms with Crippen molar-refractivity contribution in [1.29, 1.82) is 0 Å². The Kier molecular flexibility index (Phi) is 3.51. The summed E-state index contributed by atoms with van der Waals surface area (Å²) in [7, 11) is 8.09. The van der Waals surface area contributed by atoms with Crippen LogP contribution in [-0.4, -0.2) is 43.0 Å². The zero-order valence-electron chi connectivity index (χ0n) is 9.23. The molecule has 0 saturated carbocycles. The number of rotatable bonds is 3. The van der Waals surface area contributed by atoms with Gasteiger partial charge in [-0.25, -0.2) is 0 Å². The first kappa shape index (κ1) is 10.6. The largest absolute Gasteiger partial charge is 0.364 e. The maximum absolute atomic E-state index is 4.25. The smallest absolute Gasteiger partial charge is 0.105 e. The minimum atomic E-state index is 0.977. The highest BCUT2D eigenvalue weighted by Gasteiger charge is 2.01. The Balaban J connectivity index is 2.94. The van der Waals surface area contributed by atoms with Crippen LogP contribution in [0.15, 0.2) is 30.2 Å². The summed E-state index contributed by atoms with van der Waals surface area (Å²) in [6.45, 7) is 0. The lowest BCUT2D eigenvalue weighted by molar-refractivity contribution is 0.348. The van der Waals surface area contributed by atoms with Gasteiger partial charge in [0.05, 0.1) is 5.69 Å². The molecule has 3 heteroatoms. The lowest BCUT2D eigenvalue weighted by Crippen LogP contribution is -2.24. The van der Waals surface area contributed by atoms with Crippen molar-refractivity contribution in [3.8, 4) is 0 Å². The Bertz CT molecular complexity index is 292. The van der Waals surface area contributed by atoms with E-state index in [1.165, 1.54) is 0 Å². The summed E-state index contributed by atoms with van der Waals surface area (Å²) in [5.41, 5.74) is 0.977.